The molecule has 0 amide bonds. The minimum absolute atomic E-state index is 0. The SMILES string of the molecule is NCCN(c1ccccc1)c1ccccc1.[LiH]. The van der Waals surface area contributed by atoms with Crippen LogP contribution >= 0.6 is 0 Å². The van der Waals surface area contributed by atoms with Crippen molar-refractivity contribution in [1.29, 1.82) is 0 Å². The molecule has 3 heteroatoms. The molecule has 0 atom stereocenters. The van der Waals surface area contributed by atoms with Crippen molar-refractivity contribution in [2.75, 3.05) is 18.0 Å². The van der Waals surface area contributed by atoms with Gasteiger partial charge in [0.25, 0.3) is 0 Å². The molecule has 0 radical (unpaired) electrons. The molecule has 0 aromatic heterocycles. The van der Waals surface area contributed by atoms with E-state index in [-0.39, 0.29) is 18.9 Å². The van der Waals surface area contributed by atoms with Crippen LogP contribution in [0.5, 0.6) is 0 Å². The van der Waals surface area contributed by atoms with Crippen molar-refractivity contribution < 1.29 is 0 Å². The number of benzene rings is 2. The van der Waals surface area contributed by atoms with Crippen molar-refractivity contribution in [1.82, 2.24) is 0 Å². The fourth-order valence-electron chi connectivity index (χ4n) is 1.75. The van der Waals surface area contributed by atoms with Gasteiger partial charge in [-0.2, -0.15) is 0 Å². The zero-order valence-corrected chi connectivity index (χ0v) is 9.21. The van der Waals surface area contributed by atoms with Gasteiger partial charge in [-0.15, -0.1) is 0 Å². The van der Waals surface area contributed by atoms with Crippen LogP contribution in [0, 0.1) is 0 Å². The van der Waals surface area contributed by atoms with E-state index >= 15 is 0 Å². The molecule has 84 valence electrons. The van der Waals surface area contributed by atoms with Gasteiger partial charge < -0.3 is 10.6 Å². The molecule has 0 aliphatic carbocycles. The van der Waals surface area contributed by atoms with Crippen molar-refractivity contribution in [3.8, 4) is 0 Å². The summed E-state index contributed by atoms with van der Waals surface area (Å²) >= 11 is 0. The molecule has 17 heavy (non-hydrogen) atoms. The van der Waals surface area contributed by atoms with Gasteiger partial charge in [0.2, 0.25) is 0 Å². The van der Waals surface area contributed by atoms with Crippen molar-refractivity contribution in [2.24, 2.45) is 5.73 Å². The summed E-state index contributed by atoms with van der Waals surface area (Å²) in [5.74, 6) is 0. The third kappa shape index (κ3) is 3.64. The van der Waals surface area contributed by atoms with Gasteiger partial charge in [-0.3, -0.25) is 0 Å². The summed E-state index contributed by atoms with van der Waals surface area (Å²) in [5, 5.41) is 0. The first-order valence-electron chi connectivity index (χ1n) is 5.49. The molecule has 0 saturated carbocycles. The Morgan fingerprint density at radius 1 is 0.765 bits per heavy atom. The Balaban J connectivity index is 0.00000144. The molecular weight excluding hydrogens is 203 g/mol. The summed E-state index contributed by atoms with van der Waals surface area (Å²) in [5.41, 5.74) is 8.02. The Morgan fingerprint density at radius 2 is 1.18 bits per heavy atom. The topological polar surface area (TPSA) is 29.3 Å². The Kier molecular flexibility index (Phi) is 5.86. The van der Waals surface area contributed by atoms with E-state index in [9.17, 15) is 0 Å². The average molecular weight is 220 g/mol. The summed E-state index contributed by atoms with van der Waals surface area (Å²) < 4.78 is 0. The standard InChI is InChI=1S/C14H16N2.Li.H/c15-11-12-16(13-7-3-1-4-8-13)14-9-5-2-6-10-14;;/h1-10H,11-12,15H2;;. The predicted molar refractivity (Wildman–Crippen MR) is 76.1 cm³/mol. The van der Waals surface area contributed by atoms with E-state index in [4.69, 9.17) is 5.73 Å². The minimum atomic E-state index is 0. The molecule has 2 rings (SSSR count). The van der Waals surface area contributed by atoms with Gasteiger partial charge in [0.15, 0.2) is 0 Å². The molecular formula is C14H17LiN2. The second-order valence-electron chi connectivity index (χ2n) is 3.61. The molecule has 2 N–H and O–H groups in total. The van der Waals surface area contributed by atoms with Gasteiger partial charge >= 0.3 is 18.9 Å². The third-order valence-electron chi connectivity index (χ3n) is 2.49. The van der Waals surface area contributed by atoms with Gasteiger partial charge in [0, 0.05) is 24.5 Å². The van der Waals surface area contributed by atoms with Gasteiger partial charge in [0.1, 0.15) is 0 Å². The van der Waals surface area contributed by atoms with Crippen LogP contribution in [0.1, 0.15) is 0 Å². The Labute approximate surface area is 115 Å². The van der Waals surface area contributed by atoms with Crippen molar-refractivity contribution in [3.05, 3.63) is 60.7 Å². The second-order valence-corrected chi connectivity index (χ2v) is 3.61. The molecule has 0 bridgehead atoms. The second kappa shape index (κ2) is 7.19. The summed E-state index contributed by atoms with van der Waals surface area (Å²) in [7, 11) is 0. The summed E-state index contributed by atoms with van der Waals surface area (Å²) in [6.07, 6.45) is 0. The van der Waals surface area contributed by atoms with Crippen molar-refractivity contribution in [3.63, 3.8) is 0 Å². The average Bonchev–Trinajstić information content (AvgIpc) is 2.38. The zero-order chi connectivity index (χ0) is 11.2. The van der Waals surface area contributed by atoms with Crippen LogP contribution < -0.4 is 10.6 Å². The molecule has 0 aliphatic rings. The number of nitrogens with two attached hydrogens (primary N) is 1. The van der Waals surface area contributed by atoms with Crippen LogP contribution in [-0.4, -0.2) is 32.0 Å². The molecule has 0 saturated heterocycles. The van der Waals surface area contributed by atoms with Gasteiger partial charge in [-0.25, -0.2) is 0 Å². The van der Waals surface area contributed by atoms with Gasteiger partial charge in [-0.1, -0.05) is 36.4 Å². The van der Waals surface area contributed by atoms with Gasteiger partial charge in [-0.05, 0) is 24.3 Å². The first-order valence-corrected chi connectivity index (χ1v) is 5.49. The van der Waals surface area contributed by atoms with E-state index in [1.54, 1.807) is 0 Å². The van der Waals surface area contributed by atoms with Crippen LogP contribution in [0.3, 0.4) is 0 Å². The van der Waals surface area contributed by atoms with Crippen molar-refractivity contribution >= 4 is 30.2 Å². The van der Waals surface area contributed by atoms with E-state index in [0.717, 1.165) is 6.54 Å². The Hall–Kier alpha value is -1.20. The number of rotatable bonds is 4. The molecule has 0 unspecified atom stereocenters. The van der Waals surface area contributed by atoms with E-state index in [2.05, 4.69) is 29.2 Å². The fraction of sp³-hybridized carbons (Fsp3) is 0.143. The maximum absolute atomic E-state index is 5.66. The number of anilines is 2. The molecule has 2 aromatic carbocycles. The molecule has 2 nitrogen and oxygen atoms in total. The van der Waals surface area contributed by atoms with Crippen LogP contribution in [0.15, 0.2) is 60.7 Å². The van der Waals surface area contributed by atoms with E-state index < -0.39 is 0 Å². The van der Waals surface area contributed by atoms with E-state index in [0.29, 0.717) is 6.54 Å². The summed E-state index contributed by atoms with van der Waals surface area (Å²) in [6.45, 7) is 1.47. The van der Waals surface area contributed by atoms with E-state index in [1.165, 1.54) is 11.4 Å². The monoisotopic (exact) mass is 220 g/mol. The van der Waals surface area contributed by atoms with Crippen molar-refractivity contribution in [2.45, 2.75) is 0 Å². The number of hydrogen-bond acceptors (Lipinski definition) is 2. The normalized spacial score (nSPS) is 9.47. The Bertz CT molecular complexity index is 377. The van der Waals surface area contributed by atoms with Crippen LogP contribution in [0.25, 0.3) is 0 Å². The van der Waals surface area contributed by atoms with E-state index in [1.807, 2.05) is 36.4 Å². The Morgan fingerprint density at radius 3 is 1.53 bits per heavy atom. The first kappa shape index (κ1) is 13.9. The molecule has 0 spiro atoms. The molecule has 0 aliphatic heterocycles. The van der Waals surface area contributed by atoms with Crippen LogP contribution in [-0.2, 0) is 0 Å². The predicted octanol–water partition coefficient (Wildman–Crippen LogP) is 2.13. The molecule has 0 heterocycles. The maximum atomic E-state index is 5.66. The molecule has 2 aromatic rings. The van der Waals surface area contributed by atoms with Crippen LogP contribution in [0.4, 0.5) is 11.4 Å². The fourth-order valence-corrected chi connectivity index (χ4v) is 1.75. The summed E-state index contributed by atoms with van der Waals surface area (Å²) in [4.78, 5) is 2.22. The quantitative estimate of drug-likeness (QED) is 0.800. The van der Waals surface area contributed by atoms with Crippen LogP contribution in [0.2, 0.25) is 0 Å². The zero-order valence-electron chi connectivity index (χ0n) is 9.21. The number of hydrogen-bond donors (Lipinski definition) is 1. The first-order chi connectivity index (χ1) is 7.92. The third-order valence-corrected chi connectivity index (χ3v) is 2.49. The molecule has 0 fully saturated rings. The number of para-hydroxylation sites is 2. The summed E-state index contributed by atoms with van der Waals surface area (Å²) in [6, 6.07) is 20.6. The van der Waals surface area contributed by atoms with Gasteiger partial charge in [0.05, 0.1) is 0 Å². The number of nitrogens with zero attached hydrogens (tertiary/aromatic N) is 1.